The summed E-state index contributed by atoms with van der Waals surface area (Å²) in [5.41, 5.74) is 3.98. The normalized spacial score (nSPS) is 19.3. The van der Waals surface area contributed by atoms with Crippen molar-refractivity contribution in [3.8, 4) is 11.1 Å². The number of carbonyl (C=O) groups is 1. The van der Waals surface area contributed by atoms with Crippen LogP contribution < -0.4 is 5.32 Å². The van der Waals surface area contributed by atoms with Crippen molar-refractivity contribution in [3.05, 3.63) is 83.6 Å². The van der Waals surface area contributed by atoms with Gasteiger partial charge in [-0.25, -0.2) is 13.2 Å². The Hall–Kier alpha value is -3.42. The van der Waals surface area contributed by atoms with Crippen LogP contribution in [0.15, 0.2) is 76.5 Å². The number of nitrogens with one attached hydrogen (secondary N) is 1. The monoisotopic (exact) mass is 472 g/mol. The van der Waals surface area contributed by atoms with Gasteiger partial charge in [-0.1, -0.05) is 48.5 Å². The molecule has 0 spiro atoms. The van der Waals surface area contributed by atoms with E-state index in [1.54, 1.807) is 30.3 Å². The van der Waals surface area contributed by atoms with Crippen LogP contribution in [-0.2, 0) is 23.3 Å². The number of rotatable bonds is 4. The average molecular weight is 473 g/mol. The second-order valence-corrected chi connectivity index (χ2v) is 11.0. The largest absolute Gasteiger partial charge is 0.478 e. The number of hydrogen-bond acceptors (Lipinski definition) is 4. The number of nitrogens with zero attached hydrogens (tertiary/aromatic N) is 1. The van der Waals surface area contributed by atoms with Crippen LogP contribution >= 0.6 is 0 Å². The van der Waals surface area contributed by atoms with Crippen LogP contribution in [0.25, 0.3) is 22.0 Å². The molecule has 0 saturated carbocycles. The number of carboxylic acid groups (broad SMARTS) is 1. The molecule has 2 bridgehead atoms. The smallest absolute Gasteiger partial charge is 0.337 e. The van der Waals surface area contributed by atoms with E-state index in [-0.39, 0.29) is 21.4 Å². The molecule has 0 amide bonds. The Bertz CT molecular complexity index is 1570. The molecule has 1 aromatic heterocycles. The lowest BCUT2D eigenvalue weighted by atomic mass is 9.96. The maximum Gasteiger partial charge on any atom is 0.337 e. The van der Waals surface area contributed by atoms with Crippen molar-refractivity contribution in [1.29, 1.82) is 0 Å². The molecule has 7 heteroatoms. The molecule has 0 radical (unpaired) electrons. The highest BCUT2D eigenvalue weighted by Crippen LogP contribution is 2.44. The molecule has 1 fully saturated rings. The first-order valence-electron chi connectivity index (χ1n) is 11.4. The van der Waals surface area contributed by atoms with Crippen LogP contribution in [-0.4, -0.2) is 30.1 Å². The number of fused-ring (bicyclic) bond motifs is 6. The number of aromatic carboxylic acids is 1. The minimum atomic E-state index is -4.13. The summed E-state index contributed by atoms with van der Waals surface area (Å²) < 4.78 is 30.1. The third-order valence-corrected chi connectivity index (χ3v) is 9.14. The van der Waals surface area contributed by atoms with Crippen molar-refractivity contribution in [2.75, 3.05) is 0 Å². The van der Waals surface area contributed by atoms with Gasteiger partial charge in [0.05, 0.1) is 15.4 Å². The Labute approximate surface area is 197 Å². The van der Waals surface area contributed by atoms with Gasteiger partial charge in [0.15, 0.2) is 0 Å². The molecule has 2 aliphatic heterocycles. The SMILES string of the molecule is Cn1c2c(c3c(C(=O)O)c(S(=O)(=O)c4ccccc4-c4ccccc4)ccc31)C1CCC(C2)N1. The van der Waals surface area contributed by atoms with E-state index < -0.39 is 15.8 Å². The molecule has 2 atom stereocenters. The second kappa shape index (κ2) is 7.55. The van der Waals surface area contributed by atoms with Gasteiger partial charge in [-0.3, -0.25) is 0 Å². The van der Waals surface area contributed by atoms with Gasteiger partial charge in [-0.2, -0.15) is 0 Å². The van der Waals surface area contributed by atoms with Crippen LogP contribution in [0, 0.1) is 0 Å². The molecule has 3 aromatic carbocycles. The summed E-state index contributed by atoms with van der Waals surface area (Å²) in [4.78, 5) is 12.6. The Morgan fingerprint density at radius 1 is 0.971 bits per heavy atom. The number of benzene rings is 3. The van der Waals surface area contributed by atoms with Gasteiger partial charge in [-0.05, 0) is 42.2 Å². The lowest BCUT2D eigenvalue weighted by Gasteiger charge is -2.23. The van der Waals surface area contributed by atoms with Crippen LogP contribution in [0.3, 0.4) is 0 Å². The van der Waals surface area contributed by atoms with Gasteiger partial charge in [0, 0.05) is 47.7 Å². The van der Waals surface area contributed by atoms with Crippen LogP contribution in [0.5, 0.6) is 0 Å². The van der Waals surface area contributed by atoms with Crippen LogP contribution in [0.1, 0.15) is 40.5 Å². The highest BCUT2D eigenvalue weighted by Gasteiger charge is 2.39. The zero-order valence-corrected chi connectivity index (χ0v) is 19.5. The molecule has 6 nitrogen and oxygen atoms in total. The summed E-state index contributed by atoms with van der Waals surface area (Å²) >= 11 is 0. The summed E-state index contributed by atoms with van der Waals surface area (Å²) in [6.07, 6.45) is 2.77. The van der Waals surface area contributed by atoms with Gasteiger partial charge in [0.2, 0.25) is 9.84 Å². The van der Waals surface area contributed by atoms with E-state index in [2.05, 4.69) is 5.32 Å². The van der Waals surface area contributed by atoms with Crippen molar-refractivity contribution in [2.45, 2.75) is 41.1 Å². The zero-order valence-electron chi connectivity index (χ0n) is 18.7. The summed E-state index contributed by atoms with van der Waals surface area (Å²) in [6.45, 7) is 0. The van der Waals surface area contributed by atoms with Crippen LogP contribution in [0.2, 0.25) is 0 Å². The highest BCUT2D eigenvalue weighted by molar-refractivity contribution is 7.91. The van der Waals surface area contributed by atoms with E-state index in [0.29, 0.717) is 17.0 Å². The summed E-state index contributed by atoms with van der Waals surface area (Å²) in [6, 6.07) is 19.7. The van der Waals surface area contributed by atoms with Gasteiger partial charge >= 0.3 is 5.97 Å². The number of hydrogen-bond donors (Lipinski definition) is 2. The Kier molecular flexibility index (Phi) is 4.69. The average Bonchev–Trinajstić information content (AvgIpc) is 3.37. The third-order valence-electron chi connectivity index (χ3n) is 7.29. The number of sulfone groups is 1. The van der Waals surface area contributed by atoms with Gasteiger partial charge < -0.3 is 15.0 Å². The molecule has 0 aliphatic carbocycles. The minimum Gasteiger partial charge on any atom is -0.478 e. The molecule has 172 valence electrons. The zero-order chi connectivity index (χ0) is 23.6. The predicted molar refractivity (Wildman–Crippen MR) is 130 cm³/mol. The standard InChI is InChI=1S/C27H24N2O4S/c1-29-20-13-14-23(26(27(30)31)25(20)24-19-12-11-17(28-19)15-21(24)29)34(32,33)22-10-6-5-9-18(22)16-7-3-2-4-8-16/h2-10,13-14,17,19,28H,11-12,15H2,1H3,(H,30,31). The van der Waals surface area contributed by atoms with E-state index in [1.807, 2.05) is 41.9 Å². The Balaban J connectivity index is 1.64. The van der Waals surface area contributed by atoms with Crippen molar-refractivity contribution in [3.63, 3.8) is 0 Å². The fourth-order valence-corrected chi connectivity index (χ4v) is 7.45. The van der Waals surface area contributed by atoms with E-state index in [4.69, 9.17) is 0 Å². The quantitative estimate of drug-likeness (QED) is 0.449. The highest BCUT2D eigenvalue weighted by atomic mass is 32.2. The molecular formula is C27H24N2O4S. The lowest BCUT2D eigenvalue weighted by molar-refractivity contribution is 0.0695. The van der Waals surface area contributed by atoms with E-state index in [1.165, 1.54) is 6.07 Å². The second-order valence-electron chi connectivity index (χ2n) is 9.12. The number of aromatic nitrogens is 1. The number of aryl methyl sites for hydroxylation is 1. The Morgan fingerprint density at radius 2 is 1.71 bits per heavy atom. The predicted octanol–water partition coefficient (Wildman–Crippen LogP) is 4.73. The summed E-state index contributed by atoms with van der Waals surface area (Å²) in [7, 11) is -2.19. The maximum atomic E-state index is 14.0. The fraction of sp³-hybridized carbons (Fsp3) is 0.222. The molecule has 3 heterocycles. The molecule has 34 heavy (non-hydrogen) atoms. The number of carboxylic acids is 1. The van der Waals surface area contributed by atoms with E-state index >= 15 is 0 Å². The van der Waals surface area contributed by atoms with Gasteiger partial charge in [-0.15, -0.1) is 0 Å². The molecule has 2 unspecified atom stereocenters. The molecule has 6 rings (SSSR count). The first-order chi connectivity index (χ1) is 16.4. The van der Waals surface area contributed by atoms with Gasteiger partial charge in [0.25, 0.3) is 0 Å². The topological polar surface area (TPSA) is 88.4 Å². The van der Waals surface area contributed by atoms with E-state index in [9.17, 15) is 18.3 Å². The Morgan fingerprint density at radius 3 is 2.47 bits per heavy atom. The van der Waals surface area contributed by atoms with Crippen molar-refractivity contribution >= 4 is 26.7 Å². The van der Waals surface area contributed by atoms with Crippen LogP contribution in [0.4, 0.5) is 0 Å². The summed E-state index contributed by atoms with van der Waals surface area (Å²) in [5, 5.41) is 14.5. The maximum absolute atomic E-state index is 14.0. The molecular weight excluding hydrogens is 448 g/mol. The lowest BCUT2D eigenvalue weighted by Crippen LogP contribution is -2.32. The molecule has 4 aromatic rings. The van der Waals surface area contributed by atoms with Crippen molar-refractivity contribution in [1.82, 2.24) is 9.88 Å². The third kappa shape index (κ3) is 2.97. The summed E-state index contributed by atoms with van der Waals surface area (Å²) in [5.74, 6) is -1.23. The molecule has 2 N–H and O–H groups in total. The molecule has 1 saturated heterocycles. The molecule has 2 aliphatic rings. The first-order valence-corrected chi connectivity index (χ1v) is 12.9. The first kappa shape index (κ1) is 21.1. The van der Waals surface area contributed by atoms with Crippen molar-refractivity contribution in [2.24, 2.45) is 7.05 Å². The van der Waals surface area contributed by atoms with Crippen molar-refractivity contribution < 1.29 is 18.3 Å². The minimum absolute atomic E-state index is 0.0464. The van der Waals surface area contributed by atoms with Gasteiger partial charge in [0.1, 0.15) is 0 Å². The fourth-order valence-electron chi connectivity index (χ4n) is 5.77. The van der Waals surface area contributed by atoms with E-state index in [0.717, 1.165) is 41.6 Å².